The summed E-state index contributed by atoms with van der Waals surface area (Å²) in [5.41, 5.74) is 1.21. The zero-order valence-corrected chi connectivity index (χ0v) is 14.7. The maximum absolute atomic E-state index is 12.8. The van der Waals surface area contributed by atoms with Gasteiger partial charge in [-0.3, -0.25) is 9.59 Å². The number of nitrogens with one attached hydrogen (secondary N) is 1. The number of likely N-dealkylation sites (tertiary alicyclic amines) is 1. The van der Waals surface area contributed by atoms with E-state index in [-0.39, 0.29) is 29.9 Å². The van der Waals surface area contributed by atoms with Gasteiger partial charge in [0.15, 0.2) is 0 Å². The number of hydrogen-bond donors (Lipinski definition) is 2. The third-order valence-electron chi connectivity index (χ3n) is 4.75. The van der Waals surface area contributed by atoms with Gasteiger partial charge in [0.25, 0.3) is 0 Å². The Kier molecular flexibility index (Phi) is 5.25. The molecule has 3 rings (SSSR count). The summed E-state index contributed by atoms with van der Waals surface area (Å²) >= 11 is 0. The second-order valence-corrected chi connectivity index (χ2v) is 6.44. The largest absolute Gasteiger partial charge is 0.477 e. The van der Waals surface area contributed by atoms with Crippen LogP contribution in [0.1, 0.15) is 35.8 Å². The molecule has 138 valence electrons. The normalized spacial score (nSPS) is 17.3. The smallest absolute Gasteiger partial charge is 0.352 e. The molecule has 26 heavy (non-hydrogen) atoms. The van der Waals surface area contributed by atoms with E-state index in [0.29, 0.717) is 37.2 Å². The van der Waals surface area contributed by atoms with Gasteiger partial charge in [-0.1, -0.05) is 18.2 Å². The molecule has 0 saturated carbocycles. The summed E-state index contributed by atoms with van der Waals surface area (Å²) in [6.07, 6.45) is 1.42. The van der Waals surface area contributed by atoms with Crippen LogP contribution in [0.5, 0.6) is 0 Å². The van der Waals surface area contributed by atoms with Crippen molar-refractivity contribution in [2.24, 2.45) is 5.92 Å². The van der Waals surface area contributed by atoms with Crippen LogP contribution in [0.25, 0.3) is 10.9 Å². The molecule has 2 heterocycles. The number of aromatic nitrogens is 1. The van der Waals surface area contributed by atoms with Gasteiger partial charge in [0.1, 0.15) is 5.69 Å². The van der Waals surface area contributed by atoms with E-state index in [4.69, 9.17) is 4.74 Å². The lowest BCUT2D eigenvalue weighted by atomic mass is 9.97. The number of ether oxygens (including phenoxy) is 1. The maximum Gasteiger partial charge on any atom is 0.352 e. The highest BCUT2D eigenvalue weighted by Crippen LogP contribution is 2.25. The lowest BCUT2D eigenvalue weighted by Gasteiger charge is -2.31. The number of rotatable bonds is 5. The lowest BCUT2D eigenvalue weighted by Crippen LogP contribution is -2.43. The summed E-state index contributed by atoms with van der Waals surface area (Å²) in [5.74, 6) is -1.85. The molecule has 7 nitrogen and oxygen atoms in total. The second kappa shape index (κ2) is 7.59. The van der Waals surface area contributed by atoms with Crippen molar-refractivity contribution in [3.05, 3.63) is 35.5 Å². The Balaban J connectivity index is 1.79. The number of nitrogens with zero attached hydrogens (tertiary/aromatic N) is 1. The van der Waals surface area contributed by atoms with Crippen LogP contribution < -0.4 is 0 Å². The molecular formula is C19H22N2O5. The van der Waals surface area contributed by atoms with Gasteiger partial charge in [-0.15, -0.1) is 0 Å². The number of benzene rings is 1. The first kappa shape index (κ1) is 18.0. The van der Waals surface area contributed by atoms with Crippen LogP contribution in [-0.2, 0) is 20.7 Å². The Bertz CT molecular complexity index is 842. The minimum Gasteiger partial charge on any atom is -0.477 e. The summed E-state index contributed by atoms with van der Waals surface area (Å²) in [6, 6.07) is 7.21. The van der Waals surface area contributed by atoms with Crippen molar-refractivity contribution in [1.29, 1.82) is 0 Å². The number of carboxylic acid groups (broad SMARTS) is 1. The molecule has 0 radical (unpaired) electrons. The van der Waals surface area contributed by atoms with Crippen molar-refractivity contribution >= 4 is 28.7 Å². The summed E-state index contributed by atoms with van der Waals surface area (Å²) in [5, 5.41) is 10.2. The van der Waals surface area contributed by atoms with Crippen molar-refractivity contribution in [1.82, 2.24) is 9.88 Å². The molecular weight excluding hydrogens is 336 g/mol. The molecule has 0 spiro atoms. The zero-order chi connectivity index (χ0) is 18.7. The molecule has 1 amide bonds. The van der Waals surface area contributed by atoms with Gasteiger partial charge >= 0.3 is 11.9 Å². The highest BCUT2D eigenvalue weighted by Gasteiger charge is 2.30. The molecule has 1 unspecified atom stereocenters. The van der Waals surface area contributed by atoms with Crippen LogP contribution >= 0.6 is 0 Å². The van der Waals surface area contributed by atoms with Crippen LogP contribution in [0, 0.1) is 5.92 Å². The number of H-pyrrole nitrogens is 1. The predicted octanol–water partition coefficient (Wildman–Crippen LogP) is 2.21. The first-order valence-electron chi connectivity index (χ1n) is 8.78. The van der Waals surface area contributed by atoms with E-state index in [1.165, 1.54) is 0 Å². The molecule has 1 aliphatic rings. The van der Waals surface area contributed by atoms with Crippen LogP contribution in [0.4, 0.5) is 0 Å². The highest BCUT2D eigenvalue weighted by atomic mass is 16.5. The number of carbonyl (C=O) groups excluding carboxylic acids is 2. The number of esters is 1. The van der Waals surface area contributed by atoms with Gasteiger partial charge in [0, 0.05) is 29.6 Å². The van der Waals surface area contributed by atoms with E-state index in [1.807, 2.05) is 12.1 Å². The molecule has 0 bridgehead atoms. The van der Waals surface area contributed by atoms with Crippen LogP contribution in [0.2, 0.25) is 0 Å². The van der Waals surface area contributed by atoms with Crippen molar-refractivity contribution in [3.63, 3.8) is 0 Å². The van der Waals surface area contributed by atoms with Crippen molar-refractivity contribution in [3.8, 4) is 0 Å². The van der Waals surface area contributed by atoms with Gasteiger partial charge in [-0.25, -0.2) is 4.79 Å². The molecule has 2 aromatic rings. The van der Waals surface area contributed by atoms with Gasteiger partial charge in [0.2, 0.25) is 5.91 Å². The van der Waals surface area contributed by atoms with Crippen LogP contribution in [0.15, 0.2) is 24.3 Å². The molecule has 7 heteroatoms. The standard InChI is InChI=1S/C19H22N2O5/c1-2-26-19(25)12-6-5-9-21(11-12)16(22)10-14-13-7-3-4-8-15(13)20-17(14)18(23)24/h3-4,7-8,12,20H,2,5-6,9-11H2,1H3,(H,23,24). The Hall–Kier alpha value is -2.83. The molecule has 2 N–H and O–H groups in total. The average molecular weight is 358 g/mol. The summed E-state index contributed by atoms with van der Waals surface area (Å²) in [6.45, 7) is 2.97. The molecule has 1 fully saturated rings. The number of piperidine rings is 1. The number of fused-ring (bicyclic) bond motifs is 1. The number of amides is 1. The zero-order valence-electron chi connectivity index (χ0n) is 14.7. The molecule has 1 aromatic heterocycles. The fourth-order valence-electron chi connectivity index (χ4n) is 3.49. The number of aromatic amines is 1. The fraction of sp³-hybridized carbons (Fsp3) is 0.421. The third-order valence-corrected chi connectivity index (χ3v) is 4.75. The summed E-state index contributed by atoms with van der Waals surface area (Å²) in [4.78, 5) is 40.8. The molecule has 1 aromatic carbocycles. The van der Waals surface area contributed by atoms with Gasteiger partial charge < -0.3 is 19.7 Å². The molecule has 0 aliphatic carbocycles. The monoisotopic (exact) mass is 358 g/mol. The number of aromatic carboxylic acids is 1. The average Bonchev–Trinajstić information content (AvgIpc) is 3.01. The van der Waals surface area contributed by atoms with Gasteiger partial charge in [-0.2, -0.15) is 0 Å². The summed E-state index contributed by atoms with van der Waals surface area (Å²) in [7, 11) is 0. The van der Waals surface area contributed by atoms with E-state index < -0.39 is 5.97 Å². The van der Waals surface area contributed by atoms with E-state index in [0.717, 1.165) is 11.8 Å². The molecule has 1 saturated heterocycles. The molecule has 1 atom stereocenters. The minimum absolute atomic E-state index is 0.0127. The van der Waals surface area contributed by atoms with E-state index in [9.17, 15) is 19.5 Å². The van der Waals surface area contributed by atoms with E-state index >= 15 is 0 Å². The number of para-hydroxylation sites is 1. The van der Waals surface area contributed by atoms with E-state index in [1.54, 1.807) is 24.0 Å². The van der Waals surface area contributed by atoms with Crippen molar-refractivity contribution in [2.75, 3.05) is 19.7 Å². The Morgan fingerprint density at radius 3 is 2.81 bits per heavy atom. The predicted molar refractivity (Wildman–Crippen MR) is 94.9 cm³/mol. The number of hydrogen-bond acceptors (Lipinski definition) is 4. The summed E-state index contributed by atoms with van der Waals surface area (Å²) < 4.78 is 5.06. The van der Waals surface area contributed by atoms with Crippen LogP contribution in [-0.4, -0.2) is 52.5 Å². The first-order valence-corrected chi connectivity index (χ1v) is 8.78. The second-order valence-electron chi connectivity index (χ2n) is 6.44. The lowest BCUT2D eigenvalue weighted by molar-refractivity contribution is -0.151. The quantitative estimate of drug-likeness (QED) is 0.798. The Morgan fingerprint density at radius 2 is 2.08 bits per heavy atom. The van der Waals surface area contributed by atoms with Gasteiger partial charge in [0.05, 0.1) is 18.9 Å². The van der Waals surface area contributed by atoms with E-state index in [2.05, 4.69) is 4.98 Å². The minimum atomic E-state index is -1.09. The van der Waals surface area contributed by atoms with Crippen molar-refractivity contribution < 1.29 is 24.2 Å². The third kappa shape index (κ3) is 3.56. The number of carboxylic acids is 1. The topological polar surface area (TPSA) is 99.7 Å². The maximum atomic E-state index is 12.8. The molecule has 1 aliphatic heterocycles. The Labute approximate surface area is 150 Å². The Morgan fingerprint density at radius 1 is 1.31 bits per heavy atom. The number of carbonyl (C=O) groups is 3. The van der Waals surface area contributed by atoms with Gasteiger partial charge in [-0.05, 0) is 25.8 Å². The fourth-order valence-corrected chi connectivity index (χ4v) is 3.49. The SMILES string of the molecule is CCOC(=O)C1CCCN(C(=O)Cc2c(C(=O)O)[nH]c3ccccc23)C1. The highest BCUT2D eigenvalue weighted by molar-refractivity contribution is 6.00. The van der Waals surface area contributed by atoms with Crippen molar-refractivity contribution in [2.45, 2.75) is 26.2 Å². The van der Waals surface area contributed by atoms with Crippen LogP contribution in [0.3, 0.4) is 0 Å². The first-order chi connectivity index (χ1) is 12.5.